The van der Waals surface area contributed by atoms with Crippen LogP contribution in [0.5, 0.6) is 0 Å². The largest absolute Gasteiger partial charge is 0.216 e. The van der Waals surface area contributed by atoms with Gasteiger partial charge in [0.15, 0.2) is 0 Å². The average molecular weight is 292 g/mol. The molecule has 5 heteroatoms. The van der Waals surface area contributed by atoms with Gasteiger partial charge in [-0.3, -0.25) is 0 Å². The van der Waals surface area contributed by atoms with Crippen LogP contribution in [0, 0.1) is 17.2 Å². The van der Waals surface area contributed by atoms with E-state index in [-0.39, 0.29) is 11.8 Å². The molecule has 0 amide bonds. The zero-order chi connectivity index (χ0) is 14.6. The first-order valence-corrected chi connectivity index (χ1v) is 8.65. The van der Waals surface area contributed by atoms with Crippen molar-refractivity contribution in [1.82, 2.24) is 4.72 Å². The first-order valence-electron chi connectivity index (χ1n) is 7.00. The fraction of sp³-hybridized carbons (Fsp3) is 0.533. The van der Waals surface area contributed by atoms with Crippen molar-refractivity contribution in [2.75, 3.05) is 0 Å². The van der Waals surface area contributed by atoms with Gasteiger partial charge >= 0.3 is 0 Å². The van der Waals surface area contributed by atoms with E-state index in [1.165, 1.54) is 6.42 Å². The molecule has 2 unspecified atom stereocenters. The second kappa shape index (κ2) is 6.38. The van der Waals surface area contributed by atoms with Crippen LogP contribution in [0.1, 0.15) is 43.7 Å². The minimum absolute atomic E-state index is 0.0306. The summed E-state index contributed by atoms with van der Waals surface area (Å²) >= 11 is 0. The van der Waals surface area contributed by atoms with Crippen LogP contribution < -0.4 is 4.72 Å². The molecule has 1 aromatic rings. The van der Waals surface area contributed by atoms with Gasteiger partial charge in [-0.25, -0.2) is 13.1 Å². The number of hydrogen-bond donors (Lipinski definition) is 1. The first-order chi connectivity index (χ1) is 9.52. The molecule has 1 aliphatic rings. The molecule has 1 fully saturated rings. The molecule has 108 valence electrons. The van der Waals surface area contributed by atoms with Gasteiger partial charge in [-0.05, 0) is 30.4 Å². The van der Waals surface area contributed by atoms with Gasteiger partial charge in [-0.15, -0.1) is 0 Å². The van der Waals surface area contributed by atoms with Crippen molar-refractivity contribution in [1.29, 1.82) is 5.26 Å². The SMILES string of the molecule is CC1CCCCC1NS(=O)(=O)Cc1ccccc1C#N. The van der Waals surface area contributed by atoms with Gasteiger partial charge in [0.1, 0.15) is 0 Å². The Morgan fingerprint density at radius 1 is 1.30 bits per heavy atom. The van der Waals surface area contributed by atoms with Crippen molar-refractivity contribution in [3.05, 3.63) is 35.4 Å². The molecule has 0 aliphatic heterocycles. The predicted octanol–water partition coefficient (Wildman–Crippen LogP) is 2.56. The summed E-state index contributed by atoms with van der Waals surface area (Å²) in [5.41, 5.74) is 0.987. The van der Waals surface area contributed by atoms with E-state index in [0.717, 1.165) is 19.3 Å². The summed E-state index contributed by atoms with van der Waals surface area (Å²) in [6.45, 7) is 2.09. The number of nitrogens with one attached hydrogen (secondary N) is 1. The molecular weight excluding hydrogens is 272 g/mol. The summed E-state index contributed by atoms with van der Waals surface area (Å²) in [4.78, 5) is 0. The van der Waals surface area contributed by atoms with Gasteiger partial charge < -0.3 is 0 Å². The van der Waals surface area contributed by atoms with Crippen LogP contribution in [0.15, 0.2) is 24.3 Å². The maximum atomic E-state index is 12.3. The number of rotatable bonds is 4. The summed E-state index contributed by atoms with van der Waals surface area (Å²) in [6.07, 6.45) is 4.23. The Labute approximate surface area is 120 Å². The number of nitrogens with zero attached hydrogens (tertiary/aromatic N) is 1. The minimum Gasteiger partial charge on any atom is -0.212 e. The molecule has 20 heavy (non-hydrogen) atoms. The Kier molecular flexibility index (Phi) is 4.79. The Morgan fingerprint density at radius 3 is 2.70 bits per heavy atom. The van der Waals surface area contributed by atoms with E-state index >= 15 is 0 Å². The van der Waals surface area contributed by atoms with E-state index < -0.39 is 10.0 Å². The van der Waals surface area contributed by atoms with Gasteiger partial charge in [0.25, 0.3) is 0 Å². The predicted molar refractivity (Wildman–Crippen MR) is 78.3 cm³/mol. The molecule has 1 aromatic carbocycles. The van der Waals surface area contributed by atoms with E-state index in [2.05, 4.69) is 11.6 Å². The van der Waals surface area contributed by atoms with E-state index in [1.807, 2.05) is 6.07 Å². The second-order valence-electron chi connectivity index (χ2n) is 5.51. The third kappa shape index (κ3) is 3.81. The molecule has 1 N–H and O–H groups in total. The van der Waals surface area contributed by atoms with Crippen molar-refractivity contribution in [3.8, 4) is 6.07 Å². The first kappa shape index (κ1) is 15.0. The van der Waals surface area contributed by atoms with E-state index in [1.54, 1.807) is 24.3 Å². The van der Waals surface area contributed by atoms with Crippen LogP contribution in [-0.2, 0) is 15.8 Å². The topological polar surface area (TPSA) is 70.0 Å². The monoisotopic (exact) mass is 292 g/mol. The average Bonchev–Trinajstić information content (AvgIpc) is 2.41. The Balaban J connectivity index is 2.09. The van der Waals surface area contributed by atoms with Crippen molar-refractivity contribution in [3.63, 3.8) is 0 Å². The maximum absolute atomic E-state index is 12.3. The summed E-state index contributed by atoms with van der Waals surface area (Å²) in [5.74, 6) is 0.254. The molecule has 0 saturated heterocycles. The molecule has 0 heterocycles. The lowest BCUT2D eigenvalue weighted by molar-refractivity contribution is 0.310. The summed E-state index contributed by atoms with van der Waals surface area (Å²) in [6, 6.07) is 8.91. The molecule has 0 bridgehead atoms. The highest BCUT2D eigenvalue weighted by Gasteiger charge is 2.26. The Bertz CT molecular complexity index is 605. The third-order valence-electron chi connectivity index (χ3n) is 3.93. The van der Waals surface area contributed by atoms with Gasteiger partial charge in [0, 0.05) is 6.04 Å². The number of hydrogen-bond acceptors (Lipinski definition) is 3. The van der Waals surface area contributed by atoms with Crippen molar-refractivity contribution in [2.24, 2.45) is 5.92 Å². The molecule has 0 spiro atoms. The third-order valence-corrected chi connectivity index (χ3v) is 5.28. The van der Waals surface area contributed by atoms with Crippen LogP contribution in [0.3, 0.4) is 0 Å². The van der Waals surface area contributed by atoms with E-state index in [0.29, 0.717) is 17.0 Å². The maximum Gasteiger partial charge on any atom is 0.216 e. The summed E-state index contributed by atoms with van der Waals surface area (Å²) < 4.78 is 27.3. The zero-order valence-corrected chi connectivity index (χ0v) is 12.5. The molecule has 0 radical (unpaired) electrons. The van der Waals surface area contributed by atoms with E-state index in [4.69, 9.17) is 5.26 Å². The lowest BCUT2D eigenvalue weighted by Gasteiger charge is -2.29. The molecule has 0 aromatic heterocycles. The standard InChI is InChI=1S/C15H20N2O2S/c1-12-6-2-5-9-15(12)17-20(18,19)11-14-8-4-3-7-13(14)10-16/h3-4,7-8,12,15,17H,2,5-6,9,11H2,1H3. The highest BCUT2D eigenvalue weighted by Crippen LogP contribution is 2.24. The van der Waals surface area contributed by atoms with Crippen molar-refractivity contribution >= 4 is 10.0 Å². The van der Waals surface area contributed by atoms with Gasteiger partial charge in [0.2, 0.25) is 10.0 Å². The summed E-state index contributed by atoms with van der Waals surface area (Å²) in [5, 5.41) is 9.01. The molecular formula is C15H20N2O2S. The van der Waals surface area contributed by atoms with Gasteiger partial charge in [-0.1, -0.05) is 38.0 Å². The van der Waals surface area contributed by atoms with Crippen LogP contribution in [0.25, 0.3) is 0 Å². The van der Waals surface area contributed by atoms with Crippen LogP contribution in [0.2, 0.25) is 0 Å². The smallest absolute Gasteiger partial charge is 0.212 e. The van der Waals surface area contributed by atoms with Crippen LogP contribution in [0.4, 0.5) is 0 Å². The van der Waals surface area contributed by atoms with Crippen molar-refractivity contribution in [2.45, 2.75) is 44.4 Å². The highest BCUT2D eigenvalue weighted by molar-refractivity contribution is 7.88. The summed E-state index contributed by atoms with van der Waals surface area (Å²) in [7, 11) is -3.40. The van der Waals surface area contributed by atoms with Crippen LogP contribution >= 0.6 is 0 Å². The quantitative estimate of drug-likeness (QED) is 0.927. The van der Waals surface area contributed by atoms with Gasteiger partial charge in [0.05, 0.1) is 17.4 Å². The normalized spacial score (nSPS) is 23.2. The molecule has 2 atom stereocenters. The zero-order valence-electron chi connectivity index (χ0n) is 11.7. The molecule has 1 saturated carbocycles. The number of benzene rings is 1. The van der Waals surface area contributed by atoms with E-state index in [9.17, 15) is 8.42 Å². The molecule has 2 rings (SSSR count). The second-order valence-corrected chi connectivity index (χ2v) is 7.27. The van der Waals surface area contributed by atoms with Gasteiger partial charge in [-0.2, -0.15) is 5.26 Å². The Morgan fingerprint density at radius 2 is 2.00 bits per heavy atom. The van der Waals surface area contributed by atoms with Crippen LogP contribution in [-0.4, -0.2) is 14.5 Å². The fourth-order valence-corrected chi connectivity index (χ4v) is 4.28. The molecule has 4 nitrogen and oxygen atoms in total. The highest BCUT2D eigenvalue weighted by atomic mass is 32.2. The lowest BCUT2D eigenvalue weighted by Crippen LogP contribution is -2.41. The van der Waals surface area contributed by atoms with Crippen molar-refractivity contribution < 1.29 is 8.42 Å². The lowest BCUT2D eigenvalue weighted by atomic mass is 9.87. The minimum atomic E-state index is -3.40. The fourth-order valence-electron chi connectivity index (χ4n) is 2.72. The number of sulfonamides is 1. The Hall–Kier alpha value is -1.38. The number of nitriles is 1. The molecule has 1 aliphatic carbocycles.